The van der Waals surface area contributed by atoms with E-state index in [1.165, 1.54) is 0 Å². The van der Waals surface area contributed by atoms with Crippen LogP contribution in [0.1, 0.15) is 28.9 Å². The summed E-state index contributed by atoms with van der Waals surface area (Å²) < 4.78 is 0. The first-order chi connectivity index (χ1) is 10.0. The molecule has 2 N–H and O–H groups in total. The van der Waals surface area contributed by atoms with Gasteiger partial charge in [0.1, 0.15) is 0 Å². The molecule has 1 fully saturated rings. The Labute approximate surface area is 125 Å². The molecule has 1 aliphatic rings. The van der Waals surface area contributed by atoms with Gasteiger partial charge in [-0.25, -0.2) is 0 Å². The maximum atomic E-state index is 12.7. The molecule has 1 aliphatic carbocycles. The minimum Gasteiger partial charge on any atom is -0.341 e. The van der Waals surface area contributed by atoms with E-state index in [-0.39, 0.29) is 5.91 Å². The van der Waals surface area contributed by atoms with Crippen LogP contribution in [-0.2, 0) is 0 Å². The molecule has 0 saturated heterocycles. The number of nitrogens with two attached hydrogens (primary N) is 1. The summed E-state index contributed by atoms with van der Waals surface area (Å²) in [6.45, 7) is 2.70. The van der Waals surface area contributed by atoms with Crippen molar-refractivity contribution in [2.24, 2.45) is 11.7 Å². The number of amides is 1. The predicted molar refractivity (Wildman–Crippen MR) is 84.1 cm³/mol. The van der Waals surface area contributed by atoms with Gasteiger partial charge < -0.3 is 10.6 Å². The van der Waals surface area contributed by atoms with Crippen molar-refractivity contribution in [1.82, 2.24) is 9.88 Å². The average Bonchev–Trinajstić information content (AvgIpc) is 2.43. The lowest BCUT2D eigenvalue weighted by Crippen LogP contribution is -2.43. The highest BCUT2D eigenvalue weighted by Crippen LogP contribution is 2.27. The van der Waals surface area contributed by atoms with Gasteiger partial charge >= 0.3 is 0 Å². The number of carbonyl (C=O) groups is 1. The summed E-state index contributed by atoms with van der Waals surface area (Å²) in [5.41, 5.74) is 8.30. The van der Waals surface area contributed by atoms with E-state index in [0.717, 1.165) is 41.5 Å². The molecular formula is C17H21N3O. The molecule has 0 atom stereocenters. The van der Waals surface area contributed by atoms with E-state index in [2.05, 4.69) is 4.98 Å². The van der Waals surface area contributed by atoms with Gasteiger partial charge in [0.2, 0.25) is 0 Å². The van der Waals surface area contributed by atoms with Gasteiger partial charge in [0.25, 0.3) is 5.91 Å². The normalized spacial score (nSPS) is 21.1. The number of aryl methyl sites for hydroxylation is 1. The van der Waals surface area contributed by atoms with Crippen LogP contribution in [0, 0.1) is 12.8 Å². The molecule has 4 heteroatoms. The molecule has 2 aromatic rings. The Bertz CT molecular complexity index is 677. The molecule has 1 aromatic heterocycles. The fraction of sp³-hybridized carbons (Fsp3) is 0.412. The van der Waals surface area contributed by atoms with Crippen LogP contribution < -0.4 is 5.73 Å². The van der Waals surface area contributed by atoms with Crippen molar-refractivity contribution in [1.29, 1.82) is 0 Å². The van der Waals surface area contributed by atoms with Crippen LogP contribution in [0.5, 0.6) is 0 Å². The zero-order valence-corrected chi connectivity index (χ0v) is 12.5. The number of hydrogen-bond acceptors (Lipinski definition) is 3. The van der Waals surface area contributed by atoms with Gasteiger partial charge in [-0.3, -0.25) is 9.78 Å². The Kier molecular flexibility index (Phi) is 3.64. The minimum atomic E-state index is 0.0668. The number of rotatable bonds is 3. The van der Waals surface area contributed by atoms with E-state index >= 15 is 0 Å². The van der Waals surface area contributed by atoms with Crippen LogP contribution in [0.15, 0.2) is 30.3 Å². The average molecular weight is 283 g/mol. The molecule has 1 amide bonds. The smallest absolute Gasteiger partial charge is 0.254 e. The van der Waals surface area contributed by atoms with E-state index in [4.69, 9.17) is 5.73 Å². The summed E-state index contributed by atoms with van der Waals surface area (Å²) in [5.74, 6) is 0.611. The second-order valence-corrected chi connectivity index (χ2v) is 6.11. The molecule has 1 aromatic carbocycles. The van der Waals surface area contributed by atoms with Gasteiger partial charge in [-0.05, 0) is 37.8 Å². The number of aromatic nitrogens is 1. The number of carbonyl (C=O) groups excluding carboxylic acids is 1. The maximum absolute atomic E-state index is 12.7. The molecule has 0 unspecified atom stereocenters. The van der Waals surface area contributed by atoms with Gasteiger partial charge in [-0.2, -0.15) is 0 Å². The number of pyridine rings is 1. The monoisotopic (exact) mass is 283 g/mol. The highest BCUT2D eigenvalue weighted by molar-refractivity contribution is 6.06. The van der Waals surface area contributed by atoms with Crippen LogP contribution in [-0.4, -0.2) is 35.4 Å². The Morgan fingerprint density at radius 3 is 2.81 bits per heavy atom. The third kappa shape index (κ3) is 2.76. The highest BCUT2D eigenvalue weighted by atomic mass is 16.2. The largest absolute Gasteiger partial charge is 0.341 e. The summed E-state index contributed by atoms with van der Waals surface area (Å²) in [7, 11) is 1.87. The first-order valence-electron chi connectivity index (χ1n) is 7.42. The second-order valence-electron chi connectivity index (χ2n) is 6.11. The van der Waals surface area contributed by atoms with Crippen molar-refractivity contribution in [3.05, 3.63) is 41.6 Å². The zero-order valence-electron chi connectivity index (χ0n) is 12.5. The Morgan fingerprint density at radius 2 is 2.10 bits per heavy atom. The highest BCUT2D eigenvalue weighted by Gasteiger charge is 2.28. The van der Waals surface area contributed by atoms with Crippen molar-refractivity contribution in [3.8, 4) is 0 Å². The first-order valence-corrected chi connectivity index (χ1v) is 7.42. The quantitative estimate of drug-likeness (QED) is 0.940. The van der Waals surface area contributed by atoms with Crippen LogP contribution >= 0.6 is 0 Å². The lowest BCUT2D eigenvalue weighted by molar-refractivity contribution is 0.0736. The first kappa shape index (κ1) is 14.0. The van der Waals surface area contributed by atoms with Crippen LogP contribution in [0.4, 0.5) is 0 Å². The topological polar surface area (TPSA) is 59.2 Å². The number of fused-ring (bicyclic) bond motifs is 1. The lowest BCUT2D eigenvalue weighted by atomic mass is 9.80. The molecule has 1 saturated carbocycles. The summed E-state index contributed by atoms with van der Waals surface area (Å²) in [4.78, 5) is 19.0. The SMILES string of the molecule is Cc1cc(C(=O)N(C)CC2CC(N)C2)c2ccccc2n1. The molecular weight excluding hydrogens is 262 g/mol. The summed E-state index contributed by atoms with van der Waals surface area (Å²) in [6, 6.07) is 10.0. The molecule has 0 radical (unpaired) electrons. The van der Waals surface area contributed by atoms with Gasteiger partial charge in [-0.15, -0.1) is 0 Å². The van der Waals surface area contributed by atoms with Crippen molar-refractivity contribution < 1.29 is 4.79 Å². The third-order valence-corrected chi connectivity index (χ3v) is 4.23. The standard InChI is InChI=1S/C17H21N3O/c1-11-7-15(14-5-3-4-6-16(14)19-11)17(21)20(2)10-12-8-13(18)9-12/h3-7,12-13H,8-10,18H2,1-2H3. The molecule has 1 heterocycles. The fourth-order valence-corrected chi connectivity index (χ4v) is 3.10. The molecule has 0 aliphatic heterocycles. The van der Waals surface area contributed by atoms with E-state index in [9.17, 15) is 4.79 Å². The second kappa shape index (κ2) is 5.45. The minimum absolute atomic E-state index is 0.0668. The Balaban J connectivity index is 1.86. The van der Waals surface area contributed by atoms with Gasteiger partial charge in [-0.1, -0.05) is 18.2 Å². The van der Waals surface area contributed by atoms with Crippen molar-refractivity contribution in [2.75, 3.05) is 13.6 Å². The number of nitrogens with zero attached hydrogens (tertiary/aromatic N) is 2. The summed E-state index contributed by atoms with van der Waals surface area (Å²) >= 11 is 0. The summed E-state index contributed by atoms with van der Waals surface area (Å²) in [5, 5.41) is 0.922. The van der Waals surface area contributed by atoms with Crippen molar-refractivity contribution in [2.45, 2.75) is 25.8 Å². The van der Waals surface area contributed by atoms with Crippen LogP contribution in [0.25, 0.3) is 10.9 Å². The number of para-hydroxylation sites is 1. The molecule has 4 nitrogen and oxygen atoms in total. The van der Waals surface area contributed by atoms with Crippen LogP contribution in [0.2, 0.25) is 0 Å². The molecule has 21 heavy (non-hydrogen) atoms. The Morgan fingerprint density at radius 1 is 1.38 bits per heavy atom. The van der Waals surface area contributed by atoms with E-state index in [1.807, 2.05) is 49.2 Å². The van der Waals surface area contributed by atoms with E-state index < -0.39 is 0 Å². The predicted octanol–water partition coefficient (Wildman–Crippen LogP) is 2.35. The van der Waals surface area contributed by atoms with E-state index in [0.29, 0.717) is 12.0 Å². The van der Waals surface area contributed by atoms with Gasteiger partial charge in [0.15, 0.2) is 0 Å². The molecule has 0 bridgehead atoms. The fourth-order valence-electron chi connectivity index (χ4n) is 3.10. The maximum Gasteiger partial charge on any atom is 0.254 e. The van der Waals surface area contributed by atoms with Crippen molar-refractivity contribution in [3.63, 3.8) is 0 Å². The lowest BCUT2D eigenvalue weighted by Gasteiger charge is -2.35. The zero-order chi connectivity index (χ0) is 15.0. The number of hydrogen-bond donors (Lipinski definition) is 1. The summed E-state index contributed by atoms with van der Waals surface area (Å²) in [6.07, 6.45) is 2.04. The van der Waals surface area contributed by atoms with E-state index in [1.54, 1.807) is 0 Å². The molecule has 0 spiro atoms. The molecule has 3 rings (SSSR count). The third-order valence-electron chi connectivity index (χ3n) is 4.23. The van der Waals surface area contributed by atoms with Crippen molar-refractivity contribution >= 4 is 16.8 Å². The van der Waals surface area contributed by atoms with Gasteiger partial charge in [0.05, 0.1) is 11.1 Å². The van der Waals surface area contributed by atoms with Crippen LogP contribution in [0.3, 0.4) is 0 Å². The Hall–Kier alpha value is -1.94. The van der Waals surface area contributed by atoms with Gasteiger partial charge in [0, 0.05) is 30.7 Å². The molecule has 110 valence electrons. The number of benzene rings is 1.